The standard InChI is InChI=1S/C21H26N4O3/c1-13-7-9-17-19(22-16-8-10-18(26)14(2)20(16)27)21(23-24(17)15(13)3)28-12-11-25(4,5)6/h7-10H,11-12H2,1-6H3/p+1. The van der Waals surface area contributed by atoms with E-state index in [4.69, 9.17) is 4.74 Å². The smallest absolute Gasteiger partial charge is 0.260 e. The highest BCUT2D eigenvalue weighted by molar-refractivity contribution is 6.21. The van der Waals surface area contributed by atoms with E-state index in [1.54, 1.807) is 11.4 Å². The van der Waals surface area contributed by atoms with Crippen LogP contribution in [0.15, 0.2) is 40.6 Å². The molecule has 0 fully saturated rings. The summed E-state index contributed by atoms with van der Waals surface area (Å²) in [6.07, 6.45) is 2.93. The van der Waals surface area contributed by atoms with Crippen molar-refractivity contribution in [1.29, 1.82) is 0 Å². The first-order valence-corrected chi connectivity index (χ1v) is 9.22. The average molecular weight is 383 g/mol. The third kappa shape index (κ3) is 3.84. The van der Waals surface area contributed by atoms with Gasteiger partial charge < -0.3 is 14.3 Å². The van der Waals surface area contributed by atoms with E-state index in [1.165, 1.54) is 12.2 Å². The third-order valence-corrected chi connectivity index (χ3v) is 4.84. The van der Waals surface area contributed by atoms with Crippen LogP contribution in [0.3, 0.4) is 0 Å². The number of aromatic nitrogens is 2. The zero-order valence-corrected chi connectivity index (χ0v) is 17.3. The molecule has 7 heteroatoms. The first kappa shape index (κ1) is 19.8. The summed E-state index contributed by atoms with van der Waals surface area (Å²) in [5.41, 5.74) is 4.02. The molecule has 1 aliphatic rings. The van der Waals surface area contributed by atoms with Crippen molar-refractivity contribution in [3.8, 4) is 5.88 Å². The van der Waals surface area contributed by atoms with Crippen molar-refractivity contribution in [1.82, 2.24) is 9.61 Å². The highest BCUT2D eigenvalue weighted by Gasteiger charge is 2.21. The summed E-state index contributed by atoms with van der Waals surface area (Å²) in [5.74, 6) is 0.0700. The number of ether oxygens (including phenoxy) is 1. The molecule has 1 aliphatic carbocycles. The van der Waals surface area contributed by atoms with Crippen molar-refractivity contribution in [2.75, 3.05) is 34.3 Å². The van der Waals surface area contributed by atoms with Crippen molar-refractivity contribution >= 4 is 22.7 Å². The predicted octanol–water partition coefficient (Wildman–Crippen LogP) is 3.08. The van der Waals surface area contributed by atoms with Crippen LogP contribution in [-0.4, -0.2) is 65.0 Å². The number of allylic oxidation sites excluding steroid dienone is 3. The van der Waals surface area contributed by atoms with Gasteiger partial charge in [-0.2, -0.15) is 0 Å². The molecule has 1 N–H and O–H groups in total. The maximum absolute atomic E-state index is 11.7. The molecular weight excluding hydrogens is 356 g/mol. The van der Waals surface area contributed by atoms with Crippen molar-refractivity contribution in [3.63, 3.8) is 0 Å². The summed E-state index contributed by atoms with van der Waals surface area (Å²) in [4.78, 5) is 16.4. The Balaban J connectivity index is 2.10. The van der Waals surface area contributed by atoms with Gasteiger partial charge in [-0.3, -0.25) is 4.79 Å². The number of hydrogen-bond acceptors (Lipinski definition) is 5. The molecule has 0 aromatic carbocycles. The van der Waals surface area contributed by atoms with Crippen LogP contribution in [0, 0.1) is 13.8 Å². The van der Waals surface area contributed by atoms with E-state index in [0.29, 0.717) is 23.9 Å². The largest absolute Gasteiger partial charge is 0.505 e. The number of ketones is 1. The molecular formula is C21H27N4O3+. The van der Waals surface area contributed by atoms with E-state index in [9.17, 15) is 9.90 Å². The molecule has 2 aromatic heterocycles. The number of fused-ring (bicyclic) bond motifs is 1. The minimum atomic E-state index is -0.220. The van der Waals surface area contributed by atoms with Crippen molar-refractivity contribution in [2.45, 2.75) is 20.8 Å². The number of aliphatic imine (C=N–C) groups is 1. The number of carbonyl (C=O) groups excluding carboxylic acids is 1. The van der Waals surface area contributed by atoms with Gasteiger partial charge in [-0.1, -0.05) is 6.07 Å². The molecule has 3 rings (SSSR count). The fourth-order valence-corrected chi connectivity index (χ4v) is 2.80. The summed E-state index contributed by atoms with van der Waals surface area (Å²) < 4.78 is 8.55. The monoisotopic (exact) mass is 383 g/mol. The molecule has 0 aliphatic heterocycles. The van der Waals surface area contributed by atoms with Crippen molar-refractivity contribution < 1.29 is 19.1 Å². The Bertz CT molecular complexity index is 1040. The number of hydrogen-bond donors (Lipinski definition) is 1. The second kappa shape index (κ2) is 7.24. The number of rotatable bonds is 5. The van der Waals surface area contributed by atoms with E-state index in [2.05, 4.69) is 31.2 Å². The van der Waals surface area contributed by atoms with Crippen molar-refractivity contribution in [3.05, 3.63) is 46.9 Å². The molecule has 0 spiro atoms. The van der Waals surface area contributed by atoms with Crippen LogP contribution in [0.1, 0.15) is 18.2 Å². The molecule has 2 aromatic rings. The highest BCUT2D eigenvalue weighted by atomic mass is 16.5. The summed E-state index contributed by atoms with van der Waals surface area (Å²) in [5, 5.41) is 15.0. The van der Waals surface area contributed by atoms with Gasteiger partial charge >= 0.3 is 0 Å². The fraction of sp³-hybridized carbons (Fsp3) is 0.381. The lowest BCUT2D eigenvalue weighted by molar-refractivity contribution is -0.870. The number of aliphatic hydroxyl groups is 1. The number of likely N-dealkylation sites (N-methyl/N-ethyl adjacent to an activating group) is 1. The fourth-order valence-electron chi connectivity index (χ4n) is 2.80. The number of carbonyl (C=O) groups is 1. The van der Waals surface area contributed by atoms with Gasteiger partial charge in [-0.05, 0) is 44.6 Å². The van der Waals surface area contributed by atoms with Crippen LogP contribution in [-0.2, 0) is 4.79 Å². The predicted molar refractivity (Wildman–Crippen MR) is 110 cm³/mol. The first-order valence-electron chi connectivity index (χ1n) is 9.22. The van der Waals surface area contributed by atoms with E-state index in [1.807, 2.05) is 26.0 Å². The van der Waals surface area contributed by atoms with Crippen LogP contribution in [0.5, 0.6) is 5.88 Å². The summed E-state index contributed by atoms with van der Waals surface area (Å²) in [6, 6.07) is 3.94. The molecule has 2 heterocycles. The maximum atomic E-state index is 11.7. The number of pyridine rings is 1. The molecule has 0 bridgehead atoms. The van der Waals surface area contributed by atoms with Gasteiger partial charge in [-0.15, -0.1) is 5.10 Å². The lowest BCUT2D eigenvalue weighted by Crippen LogP contribution is -2.38. The van der Waals surface area contributed by atoms with Crippen LogP contribution in [0.4, 0.5) is 5.69 Å². The van der Waals surface area contributed by atoms with Gasteiger partial charge in [-0.25, -0.2) is 9.51 Å². The molecule has 0 amide bonds. The number of aliphatic hydroxyl groups excluding tert-OH is 1. The van der Waals surface area contributed by atoms with Crippen molar-refractivity contribution in [2.24, 2.45) is 4.99 Å². The first-order chi connectivity index (χ1) is 13.1. The van der Waals surface area contributed by atoms with Crippen LogP contribution in [0.25, 0.3) is 5.52 Å². The van der Waals surface area contributed by atoms with Gasteiger partial charge in [0.1, 0.15) is 24.6 Å². The number of nitrogens with zero attached hydrogens (tertiary/aromatic N) is 4. The van der Waals surface area contributed by atoms with Gasteiger partial charge in [0.2, 0.25) is 0 Å². The molecule has 0 unspecified atom stereocenters. The zero-order valence-electron chi connectivity index (χ0n) is 17.3. The van der Waals surface area contributed by atoms with Crippen LogP contribution in [0.2, 0.25) is 0 Å². The SMILES string of the molecule is CC1=C(O)C(=Nc2c(OCC[N+](C)(C)C)nn3c(C)c(C)ccc23)C=CC1=O. The van der Waals surface area contributed by atoms with Gasteiger partial charge in [0.15, 0.2) is 11.5 Å². The average Bonchev–Trinajstić information content (AvgIpc) is 2.96. The second-order valence-corrected chi connectivity index (χ2v) is 8.08. The van der Waals surface area contributed by atoms with Crippen LogP contribution < -0.4 is 4.74 Å². The van der Waals surface area contributed by atoms with E-state index < -0.39 is 0 Å². The molecule has 0 saturated carbocycles. The molecule has 0 radical (unpaired) electrons. The Labute approximate surface area is 164 Å². The van der Waals surface area contributed by atoms with Gasteiger partial charge in [0.05, 0.1) is 26.7 Å². The summed E-state index contributed by atoms with van der Waals surface area (Å²) >= 11 is 0. The summed E-state index contributed by atoms with van der Waals surface area (Å²) in [7, 11) is 6.28. The molecule has 0 saturated heterocycles. The molecule has 28 heavy (non-hydrogen) atoms. The maximum Gasteiger partial charge on any atom is 0.260 e. The Morgan fingerprint density at radius 1 is 1.18 bits per heavy atom. The van der Waals surface area contributed by atoms with Crippen LogP contribution >= 0.6 is 0 Å². The quantitative estimate of drug-likeness (QED) is 0.636. The van der Waals surface area contributed by atoms with E-state index in [-0.39, 0.29) is 17.1 Å². The van der Waals surface area contributed by atoms with Gasteiger partial charge in [0, 0.05) is 11.3 Å². The minimum Gasteiger partial charge on any atom is -0.505 e. The van der Waals surface area contributed by atoms with Gasteiger partial charge in [0.25, 0.3) is 5.88 Å². The number of aryl methyl sites for hydroxylation is 2. The summed E-state index contributed by atoms with van der Waals surface area (Å²) in [6.45, 7) is 6.88. The van der Waals surface area contributed by atoms with E-state index >= 15 is 0 Å². The minimum absolute atomic E-state index is 0.118. The second-order valence-electron chi connectivity index (χ2n) is 8.08. The Morgan fingerprint density at radius 2 is 1.89 bits per heavy atom. The Morgan fingerprint density at radius 3 is 2.57 bits per heavy atom. The highest BCUT2D eigenvalue weighted by Crippen LogP contribution is 2.34. The third-order valence-electron chi connectivity index (χ3n) is 4.84. The molecule has 148 valence electrons. The van der Waals surface area contributed by atoms with E-state index in [0.717, 1.165) is 27.8 Å². The topological polar surface area (TPSA) is 76.2 Å². The lowest BCUT2D eigenvalue weighted by atomic mass is 10.0. The molecule has 7 nitrogen and oxygen atoms in total. The number of quaternary nitrogens is 1. The Kier molecular flexibility index (Phi) is 5.12. The Hall–Kier alpha value is -2.93. The molecule has 0 atom stereocenters. The lowest BCUT2D eigenvalue weighted by Gasteiger charge is -2.23. The zero-order chi connectivity index (χ0) is 20.6. The normalized spacial score (nSPS) is 16.5.